The summed E-state index contributed by atoms with van der Waals surface area (Å²) in [4.78, 5) is 7.73. The highest BCUT2D eigenvalue weighted by atomic mass is 19.4. The van der Waals surface area contributed by atoms with Crippen LogP contribution in [0.15, 0.2) is 18.5 Å². The summed E-state index contributed by atoms with van der Waals surface area (Å²) in [6.07, 6.45) is -0.599. The number of aryl methyl sites for hydroxylation is 1. The zero-order chi connectivity index (χ0) is 15.5. The van der Waals surface area contributed by atoms with Gasteiger partial charge in [0, 0.05) is 51.2 Å². The van der Waals surface area contributed by atoms with Crippen LogP contribution in [-0.2, 0) is 0 Å². The van der Waals surface area contributed by atoms with Crippen molar-refractivity contribution in [2.45, 2.75) is 19.1 Å². The first kappa shape index (κ1) is 16.2. The van der Waals surface area contributed by atoms with E-state index < -0.39 is 12.7 Å². The molecule has 0 radical (unpaired) electrons. The molecule has 2 N–H and O–H groups in total. The first-order chi connectivity index (χ1) is 9.90. The SMILES string of the molecule is Cc1ccncc1C(CN)N1CCN(CC(F)(F)F)CC1. The van der Waals surface area contributed by atoms with Gasteiger partial charge in [0.15, 0.2) is 0 Å². The van der Waals surface area contributed by atoms with E-state index in [4.69, 9.17) is 5.73 Å². The zero-order valence-electron chi connectivity index (χ0n) is 12.1. The number of rotatable bonds is 4. The van der Waals surface area contributed by atoms with Crippen molar-refractivity contribution in [2.24, 2.45) is 5.73 Å². The predicted molar refractivity (Wildman–Crippen MR) is 74.8 cm³/mol. The van der Waals surface area contributed by atoms with Crippen molar-refractivity contribution in [1.82, 2.24) is 14.8 Å². The molecular formula is C14H21F3N4. The summed E-state index contributed by atoms with van der Waals surface area (Å²) in [5.41, 5.74) is 8.05. The van der Waals surface area contributed by atoms with Gasteiger partial charge in [-0.15, -0.1) is 0 Å². The Bertz CT molecular complexity index is 456. The van der Waals surface area contributed by atoms with Crippen LogP contribution >= 0.6 is 0 Å². The van der Waals surface area contributed by atoms with Crippen LogP contribution < -0.4 is 5.73 Å². The topological polar surface area (TPSA) is 45.4 Å². The summed E-state index contributed by atoms with van der Waals surface area (Å²) in [6.45, 7) is 3.61. The molecule has 0 saturated carbocycles. The van der Waals surface area contributed by atoms with Crippen molar-refractivity contribution in [2.75, 3.05) is 39.3 Å². The third kappa shape index (κ3) is 4.39. The van der Waals surface area contributed by atoms with E-state index in [1.165, 1.54) is 4.90 Å². The molecule has 1 aromatic rings. The Balaban J connectivity index is 1.98. The highest BCUT2D eigenvalue weighted by Crippen LogP contribution is 2.24. The van der Waals surface area contributed by atoms with Gasteiger partial charge in [0.2, 0.25) is 0 Å². The quantitative estimate of drug-likeness (QED) is 0.917. The number of alkyl halides is 3. The average Bonchev–Trinajstić information content (AvgIpc) is 2.42. The van der Waals surface area contributed by atoms with E-state index in [9.17, 15) is 13.2 Å². The van der Waals surface area contributed by atoms with Crippen molar-refractivity contribution in [3.63, 3.8) is 0 Å². The maximum atomic E-state index is 12.4. The first-order valence-corrected chi connectivity index (χ1v) is 7.04. The van der Waals surface area contributed by atoms with Crippen LogP contribution in [0.5, 0.6) is 0 Å². The zero-order valence-corrected chi connectivity index (χ0v) is 12.1. The molecule has 2 heterocycles. The largest absolute Gasteiger partial charge is 0.401 e. The van der Waals surface area contributed by atoms with Gasteiger partial charge in [0.05, 0.1) is 6.54 Å². The summed E-state index contributed by atoms with van der Waals surface area (Å²) in [5, 5.41) is 0. The molecule has 4 nitrogen and oxygen atoms in total. The number of piperazine rings is 1. The highest BCUT2D eigenvalue weighted by Gasteiger charge is 2.33. The Hall–Kier alpha value is -1.18. The van der Waals surface area contributed by atoms with Crippen molar-refractivity contribution in [1.29, 1.82) is 0 Å². The van der Waals surface area contributed by atoms with Crippen molar-refractivity contribution in [3.05, 3.63) is 29.6 Å². The lowest BCUT2D eigenvalue weighted by Gasteiger charge is -2.39. The molecule has 1 aromatic heterocycles. The van der Waals surface area contributed by atoms with Gasteiger partial charge in [-0.05, 0) is 24.1 Å². The lowest BCUT2D eigenvalue weighted by Crippen LogP contribution is -2.51. The second kappa shape index (κ2) is 6.72. The Labute approximate surface area is 122 Å². The normalized spacial score (nSPS) is 19.7. The number of hydrogen-bond acceptors (Lipinski definition) is 4. The molecule has 0 spiro atoms. The van der Waals surface area contributed by atoms with Gasteiger partial charge in [-0.2, -0.15) is 13.2 Å². The average molecular weight is 302 g/mol. The third-order valence-corrected chi connectivity index (χ3v) is 3.91. The Morgan fingerprint density at radius 3 is 2.48 bits per heavy atom. The molecule has 118 valence electrons. The van der Waals surface area contributed by atoms with Crippen LogP contribution in [0.4, 0.5) is 13.2 Å². The molecule has 0 amide bonds. The minimum atomic E-state index is -4.13. The number of aromatic nitrogens is 1. The van der Waals surface area contributed by atoms with Crippen LogP contribution in [0, 0.1) is 6.92 Å². The van der Waals surface area contributed by atoms with E-state index in [0.717, 1.165) is 11.1 Å². The molecule has 7 heteroatoms. The minimum Gasteiger partial charge on any atom is -0.329 e. The molecule has 0 aliphatic carbocycles. The smallest absolute Gasteiger partial charge is 0.329 e. The predicted octanol–water partition coefficient (Wildman–Crippen LogP) is 1.57. The maximum absolute atomic E-state index is 12.4. The lowest BCUT2D eigenvalue weighted by molar-refractivity contribution is -0.149. The molecule has 1 saturated heterocycles. The fraction of sp³-hybridized carbons (Fsp3) is 0.643. The van der Waals surface area contributed by atoms with Crippen LogP contribution in [0.25, 0.3) is 0 Å². The number of pyridine rings is 1. The summed E-state index contributed by atoms with van der Waals surface area (Å²) < 4.78 is 37.2. The van der Waals surface area contributed by atoms with E-state index in [1.807, 2.05) is 13.0 Å². The van der Waals surface area contributed by atoms with Crippen molar-refractivity contribution >= 4 is 0 Å². The van der Waals surface area contributed by atoms with Crippen molar-refractivity contribution < 1.29 is 13.2 Å². The first-order valence-electron chi connectivity index (χ1n) is 7.04. The number of nitrogens with zero attached hydrogens (tertiary/aromatic N) is 3. The van der Waals surface area contributed by atoms with Crippen LogP contribution in [0.3, 0.4) is 0 Å². The van der Waals surface area contributed by atoms with E-state index in [1.54, 1.807) is 12.4 Å². The van der Waals surface area contributed by atoms with Gasteiger partial charge in [-0.3, -0.25) is 14.8 Å². The van der Waals surface area contributed by atoms with Gasteiger partial charge in [0.25, 0.3) is 0 Å². The maximum Gasteiger partial charge on any atom is 0.401 e. The number of halogens is 3. The molecule has 1 aliphatic heterocycles. The fourth-order valence-corrected chi connectivity index (χ4v) is 2.78. The molecule has 1 aliphatic rings. The standard InChI is InChI=1S/C14H21F3N4/c1-11-2-3-19-9-12(11)13(8-18)21-6-4-20(5-7-21)10-14(15,16)17/h2-3,9,13H,4-8,10,18H2,1H3. The van der Waals surface area contributed by atoms with Gasteiger partial charge >= 0.3 is 6.18 Å². The molecule has 0 bridgehead atoms. The molecule has 2 rings (SSSR count). The minimum absolute atomic E-state index is 0.0201. The van der Waals surface area contributed by atoms with Crippen LogP contribution in [0.1, 0.15) is 17.2 Å². The molecule has 21 heavy (non-hydrogen) atoms. The lowest BCUT2D eigenvalue weighted by atomic mass is 10.0. The Kier molecular flexibility index (Phi) is 5.18. The summed E-state index contributed by atoms with van der Waals surface area (Å²) >= 11 is 0. The van der Waals surface area contributed by atoms with E-state index in [2.05, 4.69) is 9.88 Å². The van der Waals surface area contributed by atoms with Gasteiger partial charge in [-0.25, -0.2) is 0 Å². The second-order valence-corrected chi connectivity index (χ2v) is 5.41. The highest BCUT2D eigenvalue weighted by molar-refractivity contribution is 5.25. The fourth-order valence-electron chi connectivity index (χ4n) is 2.78. The summed E-state index contributed by atoms with van der Waals surface area (Å²) in [7, 11) is 0. The molecule has 1 unspecified atom stereocenters. The van der Waals surface area contributed by atoms with E-state index in [0.29, 0.717) is 32.7 Å². The number of nitrogens with two attached hydrogens (primary N) is 1. The second-order valence-electron chi connectivity index (χ2n) is 5.41. The van der Waals surface area contributed by atoms with Gasteiger partial charge in [0.1, 0.15) is 0 Å². The third-order valence-electron chi connectivity index (χ3n) is 3.91. The van der Waals surface area contributed by atoms with Crippen LogP contribution in [0.2, 0.25) is 0 Å². The summed E-state index contributed by atoms with van der Waals surface area (Å²) in [6, 6.07) is 1.95. The Morgan fingerprint density at radius 1 is 1.29 bits per heavy atom. The summed E-state index contributed by atoms with van der Waals surface area (Å²) in [5.74, 6) is 0. The molecular weight excluding hydrogens is 281 g/mol. The van der Waals surface area contributed by atoms with E-state index in [-0.39, 0.29) is 6.04 Å². The molecule has 1 atom stereocenters. The monoisotopic (exact) mass is 302 g/mol. The Morgan fingerprint density at radius 2 is 1.95 bits per heavy atom. The van der Waals surface area contributed by atoms with Gasteiger partial charge in [-0.1, -0.05) is 0 Å². The van der Waals surface area contributed by atoms with Crippen LogP contribution in [-0.4, -0.2) is 60.2 Å². The molecule has 1 fully saturated rings. The van der Waals surface area contributed by atoms with Crippen molar-refractivity contribution in [3.8, 4) is 0 Å². The van der Waals surface area contributed by atoms with Gasteiger partial charge < -0.3 is 5.73 Å². The van der Waals surface area contributed by atoms with E-state index >= 15 is 0 Å². The molecule has 0 aromatic carbocycles. The number of hydrogen-bond donors (Lipinski definition) is 1.